The van der Waals surface area contributed by atoms with Gasteiger partial charge in [-0.25, -0.2) is 13.4 Å². The van der Waals surface area contributed by atoms with Crippen LogP contribution in [-0.2, 0) is 15.4 Å². The Bertz CT molecular complexity index is 816. The summed E-state index contributed by atoms with van der Waals surface area (Å²) in [6.07, 6.45) is 0.505. The molecule has 8 heteroatoms. The number of nitrogen functional groups attached to an aromatic ring is 1. The third-order valence-electron chi connectivity index (χ3n) is 3.74. The van der Waals surface area contributed by atoms with Crippen LogP contribution in [0.4, 0.5) is 5.95 Å². The molecule has 1 aromatic carbocycles. The van der Waals surface area contributed by atoms with Gasteiger partial charge in [0.25, 0.3) is 0 Å². The number of imidazole rings is 1. The Kier molecular flexibility index (Phi) is 2.97. The Balaban J connectivity index is 2.27. The second-order valence-electron chi connectivity index (χ2n) is 5.40. The lowest BCUT2D eigenvalue weighted by molar-refractivity contribution is 0.381. The average molecular weight is 334 g/mol. The van der Waals surface area contributed by atoms with E-state index in [-0.39, 0.29) is 17.5 Å². The van der Waals surface area contributed by atoms with Crippen LogP contribution in [0.3, 0.4) is 0 Å². The number of nitrogens with zero attached hydrogens (tertiary/aromatic N) is 2. The zero-order chi connectivity index (χ0) is 14.7. The van der Waals surface area contributed by atoms with E-state index in [9.17, 15) is 8.42 Å². The molecule has 5 nitrogen and oxygen atoms in total. The van der Waals surface area contributed by atoms with Gasteiger partial charge >= 0.3 is 0 Å². The number of sulfone groups is 1. The van der Waals surface area contributed by atoms with Crippen LogP contribution in [0.15, 0.2) is 12.1 Å². The number of rotatable bonds is 1. The molecule has 1 aliphatic heterocycles. The van der Waals surface area contributed by atoms with Gasteiger partial charge in [-0.2, -0.15) is 0 Å². The predicted molar refractivity (Wildman–Crippen MR) is 81.1 cm³/mol. The van der Waals surface area contributed by atoms with Crippen molar-refractivity contribution in [2.45, 2.75) is 18.9 Å². The molecule has 0 amide bonds. The number of nitrogens with two attached hydrogens (primary N) is 1. The van der Waals surface area contributed by atoms with Gasteiger partial charge in [0.2, 0.25) is 5.95 Å². The molecule has 0 spiro atoms. The van der Waals surface area contributed by atoms with Gasteiger partial charge in [-0.05, 0) is 25.5 Å². The van der Waals surface area contributed by atoms with E-state index in [2.05, 4.69) is 4.98 Å². The van der Waals surface area contributed by atoms with Crippen molar-refractivity contribution < 1.29 is 8.42 Å². The molecule has 0 aliphatic carbocycles. The first kappa shape index (κ1) is 14.0. The van der Waals surface area contributed by atoms with Gasteiger partial charge in [-0.1, -0.05) is 23.2 Å². The van der Waals surface area contributed by atoms with Crippen molar-refractivity contribution in [3.63, 3.8) is 0 Å². The van der Waals surface area contributed by atoms with Crippen molar-refractivity contribution >= 4 is 50.0 Å². The van der Waals surface area contributed by atoms with Crippen LogP contribution >= 0.6 is 23.2 Å². The fraction of sp³-hybridized carbons (Fsp3) is 0.417. The number of aromatic nitrogens is 2. The van der Waals surface area contributed by atoms with Crippen molar-refractivity contribution in [3.8, 4) is 0 Å². The molecule has 2 N–H and O–H groups in total. The van der Waals surface area contributed by atoms with Crippen LogP contribution < -0.4 is 5.73 Å². The SMILES string of the molecule is CC1(n2c(N)nc3cc(Cl)c(Cl)cc32)CCS(=O)(=O)C1. The maximum absolute atomic E-state index is 11.8. The number of halogens is 2. The summed E-state index contributed by atoms with van der Waals surface area (Å²) < 4.78 is 25.3. The molecule has 1 saturated heterocycles. The topological polar surface area (TPSA) is 78.0 Å². The Labute approximate surface area is 126 Å². The van der Waals surface area contributed by atoms with Crippen LogP contribution in [0.1, 0.15) is 13.3 Å². The number of anilines is 1. The molecule has 1 aliphatic rings. The van der Waals surface area contributed by atoms with Gasteiger partial charge in [-0.15, -0.1) is 0 Å². The van der Waals surface area contributed by atoms with Gasteiger partial charge in [0.15, 0.2) is 9.84 Å². The van der Waals surface area contributed by atoms with Crippen molar-refractivity contribution in [2.24, 2.45) is 0 Å². The summed E-state index contributed by atoms with van der Waals surface area (Å²) in [6.45, 7) is 1.87. The van der Waals surface area contributed by atoms with Crippen LogP contribution in [0.25, 0.3) is 11.0 Å². The second kappa shape index (κ2) is 4.26. The summed E-state index contributed by atoms with van der Waals surface area (Å²) in [5, 5.41) is 0.790. The van der Waals surface area contributed by atoms with Gasteiger partial charge in [0.05, 0.1) is 38.1 Å². The van der Waals surface area contributed by atoms with Crippen molar-refractivity contribution in [1.29, 1.82) is 0 Å². The highest BCUT2D eigenvalue weighted by molar-refractivity contribution is 7.91. The maximum atomic E-state index is 11.8. The minimum absolute atomic E-state index is 0.0515. The molecule has 2 heterocycles. The number of fused-ring (bicyclic) bond motifs is 1. The van der Waals surface area contributed by atoms with E-state index in [4.69, 9.17) is 28.9 Å². The molecule has 0 bridgehead atoms. The van der Waals surface area contributed by atoms with Crippen molar-refractivity contribution in [3.05, 3.63) is 22.2 Å². The number of hydrogen-bond acceptors (Lipinski definition) is 4. The molecule has 3 rings (SSSR count). The molecule has 1 atom stereocenters. The monoisotopic (exact) mass is 333 g/mol. The Morgan fingerprint density at radius 2 is 2.00 bits per heavy atom. The van der Waals surface area contributed by atoms with E-state index in [0.717, 1.165) is 0 Å². The van der Waals surface area contributed by atoms with Crippen LogP contribution in [0.5, 0.6) is 0 Å². The van der Waals surface area contributed by atoms with Crippen LogP contribution in [0.2, 0.25) is 10.0 Å². The molecular formula is C12H13Cl2N3O2S. The molecule has 0 radical (unpaired) electrons. The zero-order valence-corrected chi connectivity index (χ0v) is 13.1. The maximum Gasteiger partial charge on any atom is 0.201 e. The molecule has 2 aromatic rings. The van der Waals surface area contributed by atoms with E-state index in [0.29, 0.717) is 27.5 Å². The van der Waals surface area contributed by atoms with E-state index >= 15 is 0 Å². The standard InChI is InChI=1S/C12H13Cl2N3O2S/c1-12(2-3-20(18,19)6-12)17-10-5-8(14)7(13)4-9(10)16-11(17)15/h4-5H,2-3,6H2,1H3,(H2,15,16). The Morgan fingerprint density at radius 1 is 1.35 bits per heavy atom. The quantitative estimate of drug-likeness (QED) is 0.869. The Morgan fingerprint density at radius 3 is 2.60 bits per heavy atom. The minimum atomic E-state index is -3.05. The third kappa shape index (κ3) is 2.06. The molecule has 1 fully saturated rings. The van der Waals surface area contributed by atoms with Gasteiger partial charge in [0, 0.05) is 0 Å². The molecule has 1 aromatic heterocycles. The van der Waals surface area contributed by atoms with Crippen LogP contribution in [-0.4, -0.2) is 29.5 Å². The average Bonchev–Trinajstić information content (AvgIpc) is 2.77. The van der Waals surface area contributed by atoms with Gasteiger partial charge in [0.1, 0.15) is 0 Å². The molecule has 20 heavy (non-hydrogen) atoms. The number of hydrogen-bond donors (Lipinski definition) is 1. The fourth-order valence-electron chi connectivity index (χ4n) is 2.83. The van der Waals surface area contributed by atoms with E-state index in [1.165, 1.54) is 0 Å². The second-order valence-corrected chi connectivity index (χ2v) is 8.40. The molecular weight excluding hydrogens is 321 g/mol. The van der Waals surface area contributed by atoms with Crippen LogP contribution in [0, 0.1) is 0 Å². The first-order valence-corrected chi connectivity index (χ1v) is 8.63. The first-order valence-electron chi connectivity index (χ1n) is 6.06. The van der Waals surface area contributed by atoms with E-state index in [1.807, 2.05) is 6.92 Å². The first-order chi connectivity index (χ1) is 9.22. The van der Waals surface area contributed by atoms with Gasteiger partial charge in [-0.3, -0.25) is 0 Å². The highest BCUT2D eigenvalue weighted by Gasteiger charge is 2.41. The summed E-state index contributed by atoms with van der Waals surface area (Å²) >= 11 is 12.0. The smallest absolute Gasteiger partial charge is 0.201 e. The highest BCUT2D eigenvalue weighted by atomic mass is 35.5. The van der Waals surface area contributed by atoms with E-state index < -0.39 is 15.4 Å². The van der Waals surface area contributed by atoms with Gasteiger partial charge < -0.3 is 10.3 Å². The Hall–Kier alpha value is -0.980. The van der Waals surface area contributed by atoms with Crippen molar-refractivity contribution in [2.75, 3.05) is 17.2 Å². The third-order valence-corrected chi connectivity index (χ3v) is 6.35. The predicted octanol–water partition coefficient (Wildman–Crippen LogP) is 2.46. The summed E-state index contributed by atoms with van der Waals surface area (Å²) in [6, 6.07) is 3.32. The molecule has 108 valence electrons. The lowest BCUT2D eigenvalue weighted by atomic mass is 10.0. The largest absolute Gasteiger partial charge is 0.369 e. The normalized spacial score (nSPS) is 25.4. The van der Waals surface area contributed by atoms with E-state index in [1.54, 1.807) is 16.7 Å². The summed E-state index contributed by atoms with van der Waals surface area (Å²) in [5.74, 6) is 0.484. The number of benzene rings is 1. The molecule has 1 unspecified atom stereocenters. The highest BCUT2D eigenvalue weighted by Crippen LogP contribution is 2.37. The van der Waals surface area contributed by atoms with Crippen molar-refractivity contribution in [1.82, 2.24) is 9.55 Å². The summed E-state index contributed by atoms with van der Waals surface area (Å²) in [5.41, 5.74) is 6.69. The molecule has 0 saturated carbocycles. The summed E-state index contributed by atoms with van der Waals surface area (Å²) in [4.78, 5) is 4.26. The fourth-order valence-corrected chi connectivity index (χ4v) is 5.26. The summed E-state index contributed by atoms with van der Waals surface area (Å²) in [7, 11) is -3.05. The lowest BCUT2D eigenvalue weighted by Crippen LogP contribution is -2.32. The zero-order valence-electron chi connectivity index (χ0n) is 10.7. The minimum Gasteiger partial charge on any atom is -0.369 e. The lowest BCUT2D eigenvalue weighted by Gasteiger charge is -2.26.